The minimum absolute atomic E-state index is 0.118. The van der Waals surface area contributed by atoms with E-state index in [9.17, 15) is 19.2 Å². The van der Waals surface area contributed by atoms with Gasteiger partial charge in [0.1, 0.15) is 35.2 Å². The summed E-state index contributed by atoms with van der Waals surface area (Å²) in [5, 5.41) is 7.57. The molecule has 4 N–H and O–H groups in total. The van der Waals surface area contributed by atoms with Crippen molar-refractivity contribution in [3.05, 3.63) is 83.7 Å². The number of amides is 4. The Balaban J connectivity index is 1.04. The third-order valence-corrected chi connectivity index (χ3v) is 13.7. The lowest BCUT2D eigenvalue weighted by Gasteiger charge is -2.39. The number of likely N-dealkylation sites (tertiary alicyclic amines) is 2. The molecule has 4 atom stereocenters. The predicted octanol–water partition coefficient (Wildman–Crippen LogP) is 8.92. The van der Waals surface area contributed by atoms with E-state index in [2.05, 4.69) is 83.0 Å². The number of fused-ring (bicyclic) bond motifs is 3. The zero-order chi connectivity index (χ0) is 45.4. The molecule has 2 fully saturated rings. The summed E-state index contributed by atoms with van der Waals surface area (Å²) in [7, 11) is 2.59. The lowest BCUT2D eigenvalue weighted by Crippen LogP contribution is -2.51. The summed E-state index contributed by atoms with van der Waals surface area (Å²) < 4.78 is 16.4. The van der Waals surface area contributed by atoms with Crippen LogP contribution in [0.2, 0.25) is 0 Å². The molecule has 0 unspecified atom stereocenters. The van der Waals surface area contributed by atoms with Gasteiger partial charge in [-0.05, 0) is 85.4 Å². The van der Waals surface area contributed by atoms with Crippen LogP contribution in [0.5, 0.6) is 11.5 Å². The van der Waals surface area contributed by atoms with Crippen molar-refractivity contribution in [1.29, 1.82) is 0 Å². The summed E-state index contributed by atoms with van der Waals surface area (Å²) in [6.07, 6.45) is 7.34. The Kier molecular flexibility index (Phi) is 12.4. The zero-order valence-electron chi connectivity index (χ0n) is 38.0. The van der Waals surface area contributed by atoms with Crippen LogP contribution >= 0.6 is 0 Å². The van der Waals surface area contributed by atoms with Crippen LogP contribution in [0.3, 0.4) is 0 Å². The molecule has 0 bridgehead atoms. The van der Waals surface area contributed by atoms with Crippen molar-refractivity contribution < 1.29 is 33.4 Å². The average molecular weight is 873 g/mol. The fourth-order valence-corrected chi connectivity index (χ4v) is 10.0. The molecular weight excluding hydrogens is 813 g/mol. The summed E-state index contributed by atoms with van der Waals surface area (Å²) in [4.78, 5) is 71.9. The molecular formula is C49H60N8O7. The van der Waals surface area contributed by atoms with Crippen molar-refractivity contribution in [2.75, 3.05) is 27.3 Å². The SMILES string of the molecule is CCC1(CC)c2ccc(-c3cnc([C@@H]4CCCN4C(=O)[C@H](NC(=O)OC)C(C)C)[nH]3)cc2Oc2cc3ccc(-c4cnc([C@@H]5CCCN5C(=O)[C@@H](NC(=O)OC)C(C)C)[nH]4)cc3cc21. The van der Waals surface area contributed by atoms with Crippen molar-refractivity contribution in [1.82, 2.24) is 40.4 Å². The van der Waals surface area contributed by atoms with Crippen LogP contribution in [-0.4, -0.2) is 93.1 Å². The quantitative estimate of drug-likeness (QED) is 0.0951. The van der Waals surface area contributed by atoms with E-state index in [-0.39, 0.29) is 41.1 Å². The van der Waals surface area contributed by atoms with Crippen LogP contribution in [0.15, 0.2) is 60.9 Å². The number of hydrogen-bond donors (Lipinski definition) is 4. The van der Waals surface area contributed by atoms with Crippen LogP contribution in [0, 0.1) is 11.8 Å². The first-order valence-corrected chi connectivity index (χ1v) is 22.6. The van der Waals surface area contributed by atoms with Gasteiger partial charge in [0, 0.05) is 40.8 Å². The number of nitrogens with zero attached hydrogens (tertiary/aromatic N) is 4. The van der Waals surface area contributed by atoms with Gasteiger partial charge in [-0.25, -0.2) is 19.6 Å². The Morgan fingerprint density at radius 1 is 0.703 bits per heavy atom. The number of methoxy groups -OCH3 is 2. The summed E-state index contributed by atoms with van der Waals surface area (Å²) in [6, 6.07) is 15.3. The van der Waals surface area contributed by atoms with Crippen LogP contribution in [0.1, 0.15) is 115 Å². The molecule has 8 rings (SSSR count). The average Bonchev–Trinajstić information content (AvgIpc) is 4.15. The number of carbonyl (C=O) groups excluding carboxylic acids is 4. The number of benzene rings is 3. The summed E-state index contributed by atoms with van der Waals surface area (Å²) in [6.45, 7) is 13.3. The molecule has 5 aromatic rings. The monoisotopic (exact) mass is 872 g/mol. The first-order chi connectivity index (χ1) is 30.8. The Labute approximate surface area is 374 Å². The van der Waals surface area contributed by atoms with Crippen LogP contribution in [-0.2, 0) is 24.5 Å². The molecule has 2 aromatic heterocycles. The van der Waals surface area contributed by atoms with Gasteiger partial charge in [0.15, 0.2) is 0 Å². The fraction of sp³-hybridized carbons (Fsp3) is 0.469. The number of nitrogens with one attached hydrogen (secondary N) is 4. The van der Waals surface area contributed by atoms with Gasteiger partial charge in [-0.3, -0.25) is 9.59 Å². The Morgan fingerprint density at radius 3 is 1.70 bits per heavy atom. The second-order valence-corrected chi connectivity index (χ2v) is 18.0. The van der Waals surface area contributed by atoms with Crippen molar-refractivity contribution >= 4 is 34.8 Å². The highest BCUT2D eigenvalue weighted by Gasteiger charge is 2.42. The number of aromatic amines is 2. The minimum atomic E-state index is -0.708. The molecule has 15 nitrogen and oxygen atoms in total. The largest absolute Gasteiger partial charge is 0.457 e. The third-order valence-electron chi connectivity index (χ3n) is 13.7. The molecule has 0 spiro atoms. The van der Waals surface area contributed by atoms with Gasteiger partial charge in [0.2, 0.25) is 11.8 Å². The van der Waals surface area contributed by atoms with Crippen LogP contribution in [0.4, 0.5) is 9.59 Å². The summed E-state index contributed by atoms with van der Waals surface area (Å²) in [5.74, 6) is 2.53. The van der Waals surface area contributed by atoms with E-state index in [0.717, 1.165) is 100 Å². The van der Waals surface area contributed by atoms with Gasteiger partial charge in [-0.2, -0.15) is 0 Å². The topological polar surface area (TPSA) is 184 Å². The molecule has 2 saturated heterocycles. The van der Waals surface area contributed by atoms with Crippen LogP contribution < -0.4 is 15.4 Å². The van der Waals surface area contributed by atoms with Crippen molar-refractivity contribution in [3.63, 3.8) is 0 Å². The highest BCUT2D eigenvalue weighted by Crippen LogP contribution is 2.53. The maximum Gasteiger partial charge on any atom is 0.407 e. The van der Waals surface area contributed by atoms with E-state index in [1.807, 2.05) is 49.9 Å². The predicted molar refractivity (Wildman–Crippen MR) is 243 cm³/mol. The maximum atomic E-state index is 13.7. The number of carbonyl (C=O) groups is 4. The van der Waals surface area contributed by atoms with Gasteiger partial charge in [-0.1, -0.05) is 65.8 Å². The van der Waals surface area contributed by atoms with Gasteiger partial charge in [0.25, 0.3) is 0 Å². The standard InChI is InChI=1S/C49H60N8O7/c1-9-49(10-2)33-18-17-31(36-26-51-44(53-36)38-14-12-20-57(38)46(59)42(28(5)6)55-48(61)63-8)24-39(33)64-40-23-29-15-16-30(21-32(29)22-34(40)49)35-25-50-43(52-35)37-13-11-19-56(37)45(58)41(27(3)4)54-47(60)62-7/h15-18,21-28,37-38,41-42H,9-14,19-20H2,1-8H3,(H,50,52)(H,51,53)(H,54,60)(H,55,61)/t37-,38-,41-,42+/m0/s1. The number of aromatic nitrogens is 4. The highest BCUT2D eigenvalue weighted by molar-refractivity contribution is 5.90. The fourth-order valence-electron chi connectivity index (χ4n) is 10.0. The van der Waals surface area contributed by atoms with E-state index in [0.29, 0.717) is 18.9 Å². The van der Waals surface area contributed by atoms with E-state index in [1.165, 1.54) is 14.2 Å². The highest BCUT2D eigenvalue weighted by atomic mass is 16.5. The number of hydrogen-bond acceptors (Lipinski definition) is 9. The molecule has 0 saturated carbocycles. The van der Waals surface area contributed by atoms with Gasteiger partial charge in [-0.15, -0.1) is 0 Å². The number of ether oxygens (including phenoxy) is 3. The van der Waals surface area contributed by atoms with Crippen LogP contribution in [0.25, 0.3) is 33.3 Å². The summed E-state index contributed by atoms with van der Waals surface area (Å²) >= 11 is 0. The zero-order valence-corrected chi connectivity index (χ0v) is 38.0. The molecule has 5 heterocycles. The third kappa shape index (κ3) is 8.04. The minimum Gasteiger partial charge on any atom is -0.457 e. The molecule has 3 aromatic carbocycles. The van der Waals surface area contributed by atoms with Gasteiger partial charge < -0.3 is 44.6 Å². The number of rotatable bonds is 12. The lowest BCUT2D eigenvalue weighted by atomic mass is 9.68. The van der Waals surface area contributed by atoms with Crippen molar-refractivity contribution in [2.24, 2.45) is 11.8 Å². The van der Waals surface area contributed by atoms with Gasteiger partial charge in [0.05, 0.1) is 50.1 Å². The van der Waals surface area contributed by atoms with E-state index in [4.69, 9.17) is 24.2 Å². The lowest BCUT2D eigenvalue weighted by molar-refractivity contribution is -0.136. The molecule has 4 amide bonds. The number of H-pyrrole nitrogens is 2. The van der Waals surface area contributed by atoms with Crippen molar-refractivity contribution in [2.45, 2.75) is 110 Å². The molecule has 3 aliphatic heterocycles. The molecule has 338 valence electrons. The number of alkyl carbamates (subject to hydrolysis) is 2. The first-order valence-electron chi connectivity index (χ1n) is 22.6. The Morgan fingerprint density at radius 2 is 1.20 bits per heavy atom. The molecule has 0 radical (unpaired) electrons. The Bertz CT molecular complexity index is 2560. The molecule has 15 heteroatoms. The number of imidazole rings is 2. The van der Waals surface area contributed by atoms with E-state index in [1.54, 1.807) is 0 Å². The van der Waals surface area contributed by atoms with Crippen molar-refractivity contribution in [3.8, 4) is 34.0 Å². The van der Waals surface area contributed by atoms with E-state index < -0.39 is 24.3 Å². The Hall–Kier alpha value is -6.38. The molecule has 64 heavy (non-hydrogen) atoms. The van der Waals surface area contributed by atoms with Gasteiger partial charge >= 0.3 is 12.2 Å². The second kappa shape index (κ2) is 18.0. The van der Waals surface area contributed by atoms with E-state index >= 15 is 0 Å². The summed E-state index contributed by atoms with van der Waals surface area (Å²) in [5.41, 5.74) is 5.58. The molecule has 0 aliphatic carbocycles. The second-order valence-electron chi connectivity index (χ2n) is 18.0. The smallest absolute Gasteiger partial charge is 0.407 e. The first kappa shape index (κ1) is 44.2. The maximum absolute atomic E-state index is 13.7. The normalized spacial score (nSPS) is 18.7. The molecule has 3 aliphatic rings.